The summed E-state index contributed by atoms with van der Waals surface area (Å²) in [5.41, 5.74) is 1.53. The highest BCUT2D eigenvalue weighted by atomic mass is 35.5. The molecule has 0 saturated carbocycles. The van der Waals surface area contributed by atoms with Crippen molar-refractivity contribution in [1.29, 1.82) is 0 Å². The Hall–Kier alpha value is -1.36. The van der Waals surface area contributed by atoms with Crippen LogP contribution in [-0.4, -0.2) is 26.6 Å². The molecule has 16 heavy (non-hydrogen) atoms. The Labute approximate surface area is 98.9 Å². The summed E-state index contributed by atoms with van der Waals surface area (Å²) in [5, 5.41) is 3.23. The van der Waals surface area contributed by atoms with Crippen molar-refractivity contribution in [3.8, 4) is 0 Å². The highest BCUT2D eigenvalue weighted by molar-refractivity contribution is 6.28. The van der Waals surface area contributed by atoms with Gasteiger partial charge in [-0.05, 0) is 24.9 Å². The van der Waals surface area contributed by atoms with Gasteiger partial charge in [0.2, 0.25) is 5.28 Å². The number of hydrogen-bond acceptors (Lipinski definition) is 4. The maximum absolute atomic E-state index is 5.81. The van der Waals surface area contributed by atoms with E-state index in [9.17, 15) is 0 Å². The maximum atomic E-state index is 5.81. The summed E-state index contributed by atoms with van der Waals surface area (Å²) in [4.78, 5) is 12.5. The molecule has 0 spiro atoms. The fourth-order valence-corrected chi connectivity index (χ4v) is 1.79. The van der Waals surface area contributed by atoms with Gasteiger partial charge in [-0.1, -0.05) is 6.92 Å². The molecule has 0 aliphatic carbocycles. The Bertz CT molecular complexity index is 507. The Balaban J connectivity index is 2.69. The molecule has 86 valence electrons. The van der Waals surface area contributed by atoms with E-state index in [0.29, 0.717) is 17.5 Å². The summed E-state index contributed by atoms with van der Waals surface area (Å²) in [5.74, 6) is 0.716. The first-order chi connectivity index (χ1) is 7.67. The average molecular weight is 240 g/mol. The van der Waals surface area contributed by atoms with E-state index in [1.54, 1.807) is 6.33 Å². The van der Waals surface area contributed by atoms with Crippen molar-refractivity contribution < 1.29 is 0 Å². The van der Waals surface area contributed by atoms with Gasteiger partial charge < -0.3 is 9.88 Å². The second-order valence-electron chi connectivity index (χ2n) is 3.67. The van der Waals surface area contributed by atoms with Crippen LogP contribution >= 0.6 is 11.6 Å². The highest BCUT2D eigenvalue weighted by Gasteiger charge is 2.14. The van der Waals surface area contributed by atoms with Crippen LogP contribution in [0.4, 0.5) is 5.82 Å². The second-order valence-corrected chi connectivity index (χ2v) is 4.01. The molecule has 5 nitrogen and oxygen atoms in total. The third-order valence-electron chi connectivity index (χ3n) is 2.70. The van der Waals surface area contributed by atoms with E-state index in [-0.39, 0.29) is 5.28 Å². The van der Waals surface area contributed by atoms with Crippen molar-refractivity contribution in [2.75, 3.05) is 12.4 Å². The number of fused-ring (bicyclic) bond motifs is 1. The molecule has 2 aromatic rings. The maximum Gasteiger partial charge on any atom is 0.226 e. The van der Waals surface area contributed by atoms with Crippen LogP contribution in [0.2, 0.25) is 5.28 Å². The number of rotatable bonds is 3. The lowest BCUT2D eigenvalue weighted by Gasteiger charge is -2.13. The topological polar surface area (TPSA) is 55.6 Å². The minimum Gasteiger partial charge on any atom is -0.371 e. The molecule has 0 fully saturated rings. The first kappa shape index (κ1) is 11.1. The van der Waals surface area contributed by atoms with Crippen molar-refractivity contribution in [3.63, 3.8) is 0 Å². The Morgan fingerprint density at radius 3 is 2.88 bits per heavy atom. The summed E-state index contributed by atoms with van der Waals surface area (Å²) in [7, 11) is 1.81. The van der Waals surface area contributed by atoms with Gasteiger partial charge in [-0.25, -0.2) is 4.98 Å². The molecule has 2 heterocycles. The summed E-state index contributed by atoms with van der Waals surface area (Å²) in [6.45, 7) is 4.27. The fourth-order valence-electron chi connectivity index (χ4n) is 1.62. The first-order valence-corrected chi connectivity index (χ1v) is 5.63. The molecule has 6 heteroatoms. The summed E-state index contributed by atoms with van der Waals surface area (Å²) >= 11 is 5.81. The predicted molar refractivity (Wildman–Crippen MR) is 64.9 cm³/mol. The van der Waals surface area contributed by atoms with E-state index < -0.39 is 0 Å². The van der Waals surface area contributed by atoms with Gasteiger partial charge in [0.15, 0.2) is 11.5 Å². The number of imidazole rings is 1. The highest BCUT2D eigenvalue weighted by Crippen LogP contribution is 2.24. The molecule has 0 saturated heterocycles. The molecule has 0 amide bonds. The number of aromatic nitrogens is 4. The molecule has 0 aliphatic rings. The molecule has 1 N–H and O–H groups in total. The zero-order chi connectivity index (χ0) is 11.7. The molecular formula is C10H14ClN5. The quantitative estimate of drug-likeness (QED) is 0.837. The van der Waals surface area contributed by atoms with Gasteiger partial charge in [-0.2, -0.15) is 9.97 Å². The number of nitrogens with zero attached hydrogens (tertiary/aromatic N) is 4. The van der Waals surface area contributed by atoms with Gasteiger partial charge in [0.1, 0.15) is 5.52 Å². The molecular weight excluding hydrogens is 226 g/mol. The van der Waals surface area contributed by atoms with E-state index in [1.165, 1.54) is 0 Å². The number of nitrogens with one attached hydrogen (secondary N) is 1. The van der Waals surface area contributed by atoms with Crippen LogP contribution in [0.25, 0.3) is 11.2 Å². The molecule has 2 aromatic heterocycles. The van der Waals surface area contributed by atoms with Gasteiger partial charge in [-0.3, -0.25) is 0 Å². The van der Waals surface area contributed by atoms with E-state index >= 15 is 0 Å². The molecule has 0 bridgehead atoms. The van der Waals surface area contributed by atoms with Crippen molar-refractivity contribution in [2.24, 2.45) is 0 Å². The molecule has 2 rings (SSSR count). The normalized spacial score (nSPS) is 13.0. The lowest BCUT2D eigenvalue weighted by molar-refractivity contribution is 0.544. The number of hydrogen-bond donors (Lipinski definition) is 1. The third-order valence-corrected chi connectivity index (χ3v) is 2.87. The van der Waals surface area contributed by atoms with Crippen molar-refractivity contribution in [3.05, 3.63) is 11.6 Å². The summed E-state index contributed by atoms with van der Waals surface area (Å²) < 4.78 is 2.07. The number of anilines is 1. The SMILES string of the molecule is CCC(C)n1cnc2nc(Cl)nc(NC)c21. The fraction of sp³-hybridized carbons (Fsp3) is 0.500. The van der Waals surface area contributed by atoms with E-state index in [2.05, 4.69) is 38.7 Å². The average Bonchev–Trinajstić information content (AvgIpc) is 2.70. The van der Waals surface area contributed by atoms with Gasteiger partial charge in [0, 0.05) is 13.1 Å². The van der Waals surface area contributed by atoms with E-state index in [0.717, 1.165) is 11.9 Å². The smallest absolute Gasteiger partial charge is 0.226 e. The van der Waals surface area contributed by atoms with Crippen molar-refractivity contribution in [2.45, 2.75) is 26.3 Å². The molecule has 1 unspecified atom stereocenters. The van der Waals surface area contributed by atoms with Gasteiger partial charge in [0.05, 0.1) is 6.33 Å². The lowest BCUT2D eigenvalue weighted by atomic mass is 10.2. The third kappa shape index (κ3) is 1.71. The minimum absolute atomic E-state index is 0.214. The van der Waals surface area contributed by atoms with Gasteiger partial charge in [-0.15, -0.1) is 0 Å². The van der Waals surface area contributed by atoms with E-state index in [1.807, 2.05) is 7.05 Å². The molecule has 0 aromatic carbocycles. The Kier molecular flexibility index (Phi) is 2.96. The summed E-state index contributed by atoms with van der Waals surface area (Å²) in [6, 6.07) is 0.363. The van der Waals surface area contributed by atoms with Crippen molar-refractivity contribution >= 4 is 28.6 Å². The zero-order valence-corrected chi connectivity index (χ0v) is 10.3. The number of halogens is 1. The van der Waals surface area contributed by atoms with E-state index in [4.69, 9.17) is 11.6 Å². The van der Waals surface area contributed by atoms with Crippen LogP contribution in [0.3, 0.4) is 0 Å². The van der Waals surface area contributed by atoms with Crippen LogP contribution in [0.1, 0.15) is 26.3 Å². The Morgan fingerprint density at radius 1 is 1.50 bits per heavy atom. The van der Waals surface area contributed by atoms with Crippen molar-refractivity contribution in [1.82, 2.24) is 19.5 Å². The first-order valence-electron chi connectivity index (χ1n) is 5.25. The zero-order valence-electron chi connectivity index (χ0n) is 9.53. The molecule has 0 radical (unpaired) electrons. The molecule has 1 atom stereocenters. The molecule has 0 aliphatic heterocycles. The lowest BCUT2D eigenvalue weighted by Crippen LogP contribution is -2.05. The largest absolute Gasteiger partial charge is 0.371 e. The van der Waals surface area contributed by atoms with Crippen LogP contribution < -0.4 is 5.32 Å². The monoisotopic (exact) mass is 239 g/mol. The standard InChI is InChI=1S/C10H14ClN5/c1-4-6(2)16-5-13-9-7(16)8(12-3)14-10(11)15-9/h5-6H,4H2,1-3H3,(H,12,14,15). The Morgan fingerprint density at radius 2 is 2.25 bits per heavy atom. The predicted octanol–water partition coefficient (Wildman–Crippen LogP) is 2.49. The van der Waals surface area contributed by atoms with Gasteiger partial charge >= 0.3 is 0 Å². The van der Waals surface area contributed by atoms with Gasteiger partial charge in [0.25, 0.3) is 0 Å². The minimum atomic E-state index is 0.214. The second kappa shape index (κ2) is 4.25. The summed E-state index contributed by atoms with van der Waals surface area (Å²) in [6.07, 6.45) is 2.81. The van der Waals surface area contributed by atoms with Crippen LogP contribution in [0.15, 0.2) is 6.33 Å². The van der Waals surface area contributed by atoms with Crippen LogP contribution in [-0.2, 0) is 0 Å². The van der Waals surface area contributed by atoms with Crippen LogP contribution in [0, 0.1) is 0 Å². The van der Waals surface area contributed by atoms with Crippen LogP contribution in [0.5, 0.6) is 0 Å².